The molecule has 0 saturated carbocycles. The summed E-state index contributed by atoms with van der Waals surface area (Å²) in [6.45, 7) is 14.0. The summed E-state index contributed by atoms with van der Waals surface area (Å²) in [6.07, 6.45) is -2.61. The molecule has 0 spiro atoms. The predicted molar refractivity (Wildman–Crippen MR) is 202 cm³/mol. The first kappa shape index (κ1) is 46.8. The number of hydrogen-bond acceptors (Lipinski definition) is 14. The van der Waals surface area contributed by atoms with Crippen LogP contribution in [0, 0.1) is 0 Å². The first-order chi connectivity index (χ1) is 25.2. The van der Waals surface area contributed by atoms with Crippen molar-refractivity contribution in [1.29, 1.82) is 0 Å². The third-order valence-electron chi connectivity index (χ3n) is 7.88. The number of aliphatic hydroxyl groups is 3. The predicted octanol–water partition coefficient (Wildman–Crippen LogP) is 4.72. The second-order valence-electron chi connectivity index (χ2n) is 11.5. The zero-order valence-electron chi connectivity index (χ0n) is 31.5. The third kappa shape index (κ3) is 13.4. The van der Waals surface area contributed by atoms with Gasteiger partial charge in [0.05, 0.1) is 15.4 Å². The summed E-state index contributed by atoms with van der Waals surface area (Å²) in [5.74, 6) is -2.05. The highest BCUT2D eigenvalue weighted by molar-refractivity contribution is 8.24. The number of hydrogen-bond donors (Lipinski definition) is 8. The van der Waals surface area contributed by atoms with Gasteiger partial charge in [-0.3, -0.25) is 19.2 Å². The molecule has 16 nitrogen and oxygen atoms in total. The number of carboxylic acid groups (broad SMARTS) is 1. The van der Waals surface area contributed by atoms with Crippen LogP contribution in [0.25, 0.3) is 0 Å². The van der Waals surface area contributed by atoms with Crippen molar-refractivity contribution in [3.05, 3.63) is 58.7 Å². The Labute approximate surface area is 315 Å². The van der Waals surface area contributed by atoms with Crippen LogP contribution in [-0.2, 0) is 26.6 Å². The van der Waals surface area contributed by atoms with Gasteiger partial charge in [0.1, 0.15) is 6.23 Å². The van der Waals surface area contributed by atoms with Crippen LogP contribution in [0.1, 0.15) is 98.7 Å². The summed E-state index contributed by atoms with van der Waals surface area (Å²) in [5.41, 5.74) is -0.794. The average molecular weight is 807 g/mol. The van der Waals surface area contributed by atoms with E-state index in [1.54, 1.807) is 0 Å². The van der Waals surface area contributed by atoms with Crippen LogP contribution >= 0.6 is 10.6 Å². The van der Waals surface area contributed by atoms with E-state index in [0.717, 1.165) is 12.1 Å². The van der Waals surface area contributed by atoms with E-state index in [1.807, 2.05) is 41.5 Å². The molecule has 2 aromatic rings. The summed E-state index contributed by atoms with van der Waals surface area (Å²) >= 11 is 0. The van der Waals surface area contributed by atoms with Crippen LogP contribution in [0.3, 0.4) is 0 Å². The second kappa shape index (κ2) is 22.9. The molecule has 0 heterocycles. The Balaban J connectivity index is 2.23. The number of aromatic carboxylic acids is 1. The highest BCUT2D eigenvalue weighted by Crippen LogP contribution is 2.56. The Morgan fingerprint density at radius 1 is 0.660 bits per heavy atom. The van der Waals surface area contributed by atoms with Gasteiger partial charge in [-0.15, -0.1) is 10.6 Å². The molecular formula is C34H58N2O14SSi2. The van der Waals surface area contributed by atoms with Gasteiger partial charge in [-0.25, -0.2) is 4.79 Å². The van der Waals surface area contributed by atoms with Crippen LogP contribution in [0.4, 0.5) is 0 Å². The lowest BCUT2D eigenvalue weighted by Gasteiger charge is -2.34. The molecule has 1 atom stereocenters. The molecule has 0 unspecified atom stereocenters. The molecular weight excluding hydrogens is 749 g/mol. The molecule has 0 aromatic heterocycles. The topological polar surface area (TPSA) is 235 Å². The van der Waals surface area contributed by atoms with Crippen molar-refractivity contribution in [2.45, 2.75) is 88.8 Å². The molecule has 8 N–H and O–H groups in total. The SMILES string of the molecule is CCO[Si](CCCNC(=O)c1ccc(S(O)(O)c2ccc([C@H](O)NCCC[Si](OCC)(OCC)OCC)c(C(=O)O)c2)cc1C(O)O)(OCC)OCC. The summed E-state index contributed by atoms with van der Waals surface area (Å²) in [4.78, 5) is 25.0. The molecule has 0 radical (unpaired) electrons. The second-order valence-corrected chi connectivity index (χ2v) is 19.0. The van der Waals surface area contributed by atoms with Crippen molar-refractivity contribution in [3.8, 4) is 0 Å². The number of rotatable bonds is 27. The van der Waals surface area contributed by atoms with E-state index in [4.69, 9.17) is 26.6 Å². The van der Waals surface area contributed by atoms with Crippen LogP contribution in [-0.4, -0.2) is 112 Å². The Morgan fingerprint density at radius 2 is 1.11 bits per heavy atom. The van der Waals surface area contributed by atoms with Crippen molar-refractivity contribution in [2.24, 2.45) is 0 Å². The minimum atomic E-state index is -3.94. The first-order valence-electron chi connectivity index (χ1n) is 17.9. The van der Waals surface area contributed by atoms with Crippen molar-refractivity contribution in [1.82, 2.24) is 10.6 Å². The fourth-order valence-electron chi connectivity index (χ4n) is 5.67. The van der Waals surface area contributed by atoms with Gasteiger partial charge in [0.25, 0.3) is 5.91 Å². The maximum Gasteiger partial charge on any atom is 0.500 e. The Bertz CT molecular complexity index is 1400. The van der Waals surface area contributed by atoms with Gasteiger partial charge in [0.2, 0.25) is 0 Å². The number of carboxylic acids is 1. The molecule has 0 aliphatic rings. The van der Waals surface area contributed by atoms with E-state index in [1.165, 1.54) is 24.3 Å². The fraction of sp³-hybridized carbons (Fsp3) is 0.588. The van der Waals surface area contributed by atoms with Gasteiger partial charge in [-0.05, 0) is 91.3 Å². The van der Waals surface area contributed by atoms with Crippen molar-refractivity contribution in [2.75, 3.05) is 52.7 Å². The number of benzene rings is 2. The van der Waals surface area contributed by atoms with Gasteiger partial charge < -0.3 is 52.3 Å². The maximum absolute atomic E-state index is 13.1. The molecule has 19 heteroatoms. The molecule has 0 bridgehead atoms. The lowest BCUT2D eigenvalue weighted by molar-refractivity contribution is -0.0431. The molecule has 0 saturated heterocycles. The van der Waals surface area contributed by atoms with E-state index in [-0.39, 0.29) is 45.1 Å². The van der Waals surface area contributed by atoms with E-state index < -0.39 is 52.6 Å². The number of amides is 1. The van der Waals surface area contributed by atoms with Gasteiger partial charge in [0.15, 0.2) is 6.29 Å². The molecule has 53 heavy (non-hydrogen) atoms. The Kier molecular flexibility index (Phi) is 20.3. The number of carbonyl (C=O) groups excluding carboxylic acids is 1. The lowest BCUT2D eigenvalue weighted by atomic mass is 10.1. The van der Waals surface area contributed by atoms with E-state index in [2.05, 4.69) is 10.6 Å². The van der Waals surface area contributed by atoms with E-state index in [0.29, 0.717) is 64.6 Å². The quantitative estimate of drug-likeness (QED) is 0.0347. The fourth-order valence-corrected chi connectivity index (χ4v) is 12.3. The summed E-state index contributed by atoms with van der Waals surface area (Å²) in [5, 5.41) is 46.8. The standard InChI is InChI=1S/C34H58N2O14SSi2/c1-7-45-52(46-8-2,47-9-3)21-13-19-35-31(37)27-17-15-25(23-29(27)33(39)40)51(43,44)26-16-18-28(30(24-26)34(41)42)32(38)36-20-14-22-53(48-10-4,49-11-5)50-12-6/h15-18,23-24,31,34-35,37,41-44H,7-14,19-22H2,1-6H3,(H,36,38)(H,39,40)/t31-/m0/s1. The summed E-state index contributed by atoms with van der Waals surface area (Å²) < 4.78 is 57.7. The Hall–Kier alpha value is -2.32. The summed E-state index contributed by atoms with van der Waals surface area (Å²) in [7, 11) is -9.78. The molecule has 2 rings (SSSR count). The van der Waals surface area contributed by atoms with E-state index in [9.17, 15) is 39.1 Å². The van der Waals surface area contributed by atoms with Gasteiger partial charge >= 0.3 is 23.6 Å². The van der Waals surface area contributed by atoms with Crippen molar-refractivity contribution < 1.29 is 65.7 Å². The normalized spacial score (nSPS) is 13.4. The lowest BCUT2D eigenvalue weighted by Crippen LogP contribution is -2.46. The Morgan fingerprint density at radius 3 is 1.57 bits per heavy atom. The molecule has 2 aromatic carbocycles. The van der Waals surface area contributed by atoms with Crippen LogP contribution in [0.15, 0.2) is 46.2 Å². The smallest absolute Gasteiger partial charge is 0.478 e. The van der Waals surface area contributed by atoms with Gasteiger partial charge in [-0.1, -0.05) is 6.07 Å². The van der Waals surface area contributed by atoms with Crippen molar-refractivity contribution in [3.63, 3.8) is 0 Å². The minimum Gasteiger partial charge on any atom is -0.478 e. The first-order valence-corrected chi connectivity index (χ1v) is 23.3. The molecule has 0 aliphatic carbocycles. The molecule has 302 valence electrons. The third-order valence-corrected chi connectivity index (χ3v) is 16.0. The zero-order valence-corrected chi connectivity index (χ0v) is 34.3. The number of nitrogens with one attached hydrogen (secondary N) is 2. The minimum absolute atomic E-state index is 0.0125. The van der Waals surface area contributed by atoms with Crippen LogP contribution in [0.2, 0.25) is 12.1 Å². The van der Waals surface area contributed by atoms with Crippen LogP contribution < -0.4 is 10.6 Å². The number of aliphatic hydroxyl groups excluding tert-OH is 2. The highest BCUT2D eigenvalue weighted by Gasteiger charge is 2.40. The van der Waals surface area contributed by atoms with Crippen LogP contribution in [0.5, 0.6) is 0 Å². The van der Waals surface area contributed by atoms with Gasteiger partial charge in [-0.2, -0.15) is 0 Å². The zero-order chi connectivity index (χ0) is 39.7. The number of carbonyl (C=O) groups is 2. The summed E-state index contributed by atoms with van der Waals surface area (Å²) in [6, 6.07) is 8.05. The van der Waals surface area contributed by atoms with E-state index >= 15 is 0 Å². The average Bonchev–Trinajstić information content (AvgIpc) is 3.12. The maximum atomic E-state index is 13.1. The largest absolute Gasteiger partial charge is 0.500 e. The monoisotopic (exact) mass is 806 g/mol. The highest BCUT2D eigenvalue weighted by atomic mass is 32.3. The molecule has 1 amide bonds. The van der Waals surface area contributed by atoms with Gasteiger partial charge in [0, 0.05) is 75.0 Å². The molecule has 0 fully saturated rings. The van der Waals surface area contributed by atoms with Crippen molar-refractivity contribution >= 4 is 40.1 Å². The molecule has 0 aliphatic heterocycles.